The molecule has 1 aromatic heterocycles. The van der Waals surface area contributed by atoms with Crippen LogP contribution in [0, 0.1) is 0 Å². The number of aliphatic carboxylic acids is 1. The van der Waals surface area contributed by atoms with Gasteiger partial charge in [0.05, 0.1) is 18.2 Å². The van der Waals surface area contributed by atoms with Gasteiger partial charge in [-0.2, -0.15) is 0 Å². The molecule has 2 N–H and O–H groups in total. The highest BCUT2D eigenvalue weighted by molar-refractivity contribution is 9.10. The van der Waals surface area contributed by atoms with E-state index in [0.29, 0.717) is 5.69 Å². The van der Waals surface area contributed by atoms with Crippen LogP contribution in [0.25, 0.3) is 0 Å². The van der Waals surface area contributed by atoms with Gasteiger partial charge in [-0.15, -0.1) is 0 Å². The average molecular weight is 379 g/mol. The van der Waals surface area contributed by atoms with E-state index in [1.165, 1.54) is 0 Å². The number of carbonyl (C=O) groups is 2. The summed E-state index contributed by atoms with van der Waals surface area (Å²) >= 11 is 3.26. The summed E-state index contributed by atoms with van der Waals surface area (Å²) < 4.78 is 5.87. The number of nitrogens with zero attached hydrogens (tertiary/aromatic N) is 1. The summed E-state index contributed by atoms with van der Waals surface area (Å²) in [5.41, 5.74) is 1.30. The number of carboxylic acids is 1. The number of pyridine rings is 1. The molecule has 0 aliphatic heterocycles. The van der Waals surface area contributed by atoms with Crippen LogP contribution in [0.1, 0.15) is 23.7 Å². The molecule has 0 saturated carbocycles. The van der Waals surface area contributed by atoms with E-state index in [9.17, 15) is 9.59 Å². The first-order valence-electron chi connectivity index (χ1n) is 6.85. The van der Waals surface area contributed by atoms with E-state index in [0.717, 1.165) is 10.0 Å². The molecule has 0 unspecified atom stereocenters. The molecule has 2 aromatic rings. The molecule has 1 aromatic carbocycles. The quantitative estimate of drug-likeness (QED) is 0.804. The van der Waals surface area contributed by atoms with E-state index >= 15 is 0 Å². The van der Waals surface area contributed by atoms with Gasteiger partial charge < -0.3 is 15.2 Å². The lowest BCUT2D eigenvalue weighted by molar-refractivity contribution is -0.137. The van der Waals surface area contributed by atoms with Crippen molar-refractivity contribution in [1.82, 2.24) is 10.3 Å². The summed E-state index contributed by atoms with van der Waals surface area (Å²) in [5, 5.41) is 11.5. The standard InChI is InChI=1S/C16H15BrN2O4/c17-12-6-7-13(18-9-12)14(8-15(20)21)19-16(22)23-10-11-4-2-1-3-5-11/h1-7,9,14H,8,10H2,(H,19,22)(H,20,21)/t14-/m1/s1. The Bertz CT molecular complexity index is 662. The highest BCUT2D eigenvalue weighted by atomic mass is 79.9. The molecule has 1 heterocycles. The Labute approximate surface area is 141 Å². The number of hydrogen-bond donors (Lipinski definition) is 2. The lowest BCUT2D eigenvalue weighted by Gasteiger charge is -2.16. The van der Waals surface area contributed by atoms with Gasteiger partial charge in [0.1, 0.15) is 6.61 Å². The van der Waals surface area contributed by atoms with Crippen molar-refractivity contribution in [3.63, 3.8) is 0 Å². The number of amides is 1. The molecule has 1 atom stereocenters. The monoisotopic (exact) mass is 378 g/mol. The van der Waals surface area contributed by atoms with Gasteiger partial charge in [0.15, 0.2) is 0 Å². The zero-order valence-corrected chi connectivity index (χ0v) is 13.7. The SMILES string of the molecule is O=C(O)C[C@@H](NC(=O)OCc1ccccc1)c1ccc(Br)cn1. The third-order valence-electron chi connectivity index (χ3n) is 2.99. The van der Waals surface area contributed by atoms with Gasteiger partial charge in [0, 0.05) is 10.7 Å². The number of rotatable bonds is 6. The first-order valence-corrected chi connectivity index (χ1v) is 7.64. The molecule has 0 aliphatic carbocycles. The van der Waals surface area contributed by atoms with E-state index < -0.39 is 18.1 Å². The Kier molecular flexibility index (Phi) is 6.10. The van der Waals surface area contributed by atoms with Crippen molar-refractivity contribution >= 4 is 28.0 Å². The zero-order chi connectivity index (χ0) is 16.7. The fourth-order valence-electron chi connectivity index (χ4n) is 1.90. The van der Waals surface area contributed by atoms with Gasteiger partial charge in [0.25, 0.3) is 0 Å². The van der Waals surface area contributed by atoms with Gasteiger partial charge in [-0.25, -0.2) is 4.79 Å². The molecule has 0 aliphatic rings. The predicted molar refractivity (Wildman–Crippen MR) is 86.7 cm³/mol. The Morgan fingerprint density at radius 2 is 1.96 bits per heavy atom. The number of halogens is 1. The minimum absolute atomic E-state index is 0.111. The number of hydrogen-bond acceptors (Lipinski definition) is 4. The Morgan fingerprint density at radius 3 is 2.57 bits per heavy atom. The molecule has 1 amide bonds. The number of carboxylic acid groups (broad SMARTS) is 1. The Morgan fingerprint density at radius 1 is 1.22 bits per heavy atom. The van der Waals surface area contributed by atoms with Crippen LogP contribution in [-0.4, -0.2) is 22.2 Å². The van der Waals surface area contributed by atoms with Crippen LogP contribution in [0.5, 0.6) is 0 Å². The van der Waals surface area contributed by atoms with Crippen molar-refractivity contribution in [2.75, 3.05) is 0 Å². The summed E-state index contributed by atoms with van der Waals surface area (Å²) in [5.74, 6) is -1.04. The number of aromatic nitrogens is 1. The smallest absolute Gasteiger partial charge is 0.408 e. The first kappa shape index (κ1) is 17.0. The van der Waals surface area contributed by atoms with Crippen molar-refractivity contribution < 1.29 is 19.4 Å². The van der Waals surface area contributed by atoms with Crippen molar-refractivity contribution in [2.45, 2.75) is 19.1 Å². The van der Waals surface area contributed by atoms with Crippen molar-refractivity contribution in [2.24, 2.45) is 0 Å². The number of benzene rings is 1. The van der Waals surface area contributed by atoms with E-state index in [2.05, 4.69) is 26.2 Å². The molecule has 7 heteroatoms. The maximum absolute atomic E-state index is 11.9. The third-order valence-corrected chi connectivity index (χ3v) is 3.46. The highest BCUT2D eigenvalue weighted by Gasteiger charge is 2.20. The van der Waals surface area contributed by atoms with Crippen molar-refractivity contribution in [3.05, 3.63) is 64.4 Å². The van der Waals surface area contributed by atoms with Crippen LogP contribution in [0.15, 0.2) is 53.1 Å². The summed E-state index contributed by atoms with van der Waals surface area (Å²) in [4.78, 5) is 27.0. The molecule has 0 bridgehead atoms. The third kappa shape index (κ3) is 5.71. The second-order valence-corrected chi connectivity index (χ2v) is 5.67. The molecule has 6 nitrogen and oxygen atoms in total. The van der Waals surface area contributed by atoms with Crippen LogP contribution in [0.3, 0.4) is 0 Å². The van der Waals surface area contributed by atoms with Crippen LogP contribution < -0.4 is 5.32 Å². The summed E-state index contributed by atoms with van der Waals surface area (Å²) in [6.45, 7) is 0.111. The van der Waals surface area contributed by atoms with E-state index in [1.807, 2.05) is 30.3 Å². The molecule has 2 rings (SSSR count). The number of nitrogens with one attached hydrogen (secondary N) is 1. The van der Waals surface area contributed by atoms with Crippen LogP contribution in [0.2, 0.25) is 0 Å². The molecule has 120 valence electrons. The largest absolute Gasteiger partial charge is 0.481 e. The van der Waals surface area contributed by atoms with Crippen LogP contribution in [0.4, 0.5) is 4.79 Å². The Balaban J connectivity index is 1.98. The fourth-order valence-corrected chi connectivity index (χ4v) is 2.14. The number of carbonyl (C=O) groups excluding carboxylic acids is 1. The lowest BCUT2D eigenvalue weighted by Crippen LogP contribution is -2.31. The van der Waals surface area contributed by atoms with E-state index in [4.69, 9.17) is 9.84 Å². The lowest BCUT2D eigenvalue weighted by atomic mass is 10.1. The zero-order valence-electron chi connectivity index (χ0n) is 12.1. The second kappa shape index (κ2) is 8.28. The molecule has 0 saturated heterocycles. The minimum atomic E-state index is -1.04. The topological polar surface area (TPSA) is 88.5 Å². The minimum Gasteiger partial charge on any atom is -0.481 e. The highest BCUT2D eigenvalue weighted by Crippen LogP contribution is 2.17. The van der Waals surface area contributed by atoms with Gasteiger partial charge >= 0.3 is 12.1 Å². The van der Waals surface area contributed by atoms with E-state index in [-0.39, 0.29) is 13.0 Å². The van der Waals surface area contributed by atoms with Crippen molar-refractivity contribution in [3.8, 4) is 0 Å². The van der Waals surface area contributed by atoms with Gasteiger partial charge in [-0.05, 0) is 33.6 Å². The molecule has 0 radical (unpaired) electrons. The van der Waals surface area contributed by atoms with E-state index in [1.54, 1.807) is 18.3 Å². The number of ether oxygens (including phenoxy) is 1. The molecule has 0 fully saturated rings. The van der Waals surface area contributed by atoms with Gasteiger partial charge in [0.2, 0.25) is 0 Å². The maximum atomic E-state index is 11.9. The van der Waals surface area contributed by atoms with Crippen molar-refractivity contribution in [1.29, 1.82) is 0 Å². The maximum Gasteiger partial charge on any atom is 0.408 e. The predicted octanol–water partition coefficient (Wildman–Crippen LogP) is 3.29. The van der Waals surface area contributed by atoms with Gasteiger partial charge in [-0.1, -0.05) is 30.3 Å². The first-order chi connectivity index (χ1) is 11.0. The second-order valence-electron chi connectivity index (χ2n) is 4.76. The van der Waals surface area contributed by atoms with Crippen LogP contribution in [-0.2, 0) is 16.1 Å². The van der Waals surface area contributed by atoms with Crippen LogP contribution >= 0.6 is 15.9 Å². The average Bonchev–Trinajstić information content (AvgIpc) is 2.53. The normalized spacial score (nSPS) is 11.5. The molecule has 23 heavy (non-hydrogen) atoms. The van der Waals surface area contributed by atoms with Gasteiger partial charge in [-0.3, -0.25) is 9.78 Å². The summed E-state index contributed by atoms with van der Waals surface area (Å²) in [6, 6.07) is 11.8. The fraction of sp³-hybridized carbons (Fsp3) is 0.188. The summed E-state index contributed by atoms with van der Waals surface area (Å²) in [7, 11) is 0. The number of alkyl carbamates (subject to hydrolysis) is 1. The molecule has 0 spiro atoms. The molecular formula is C16H15BrN2O4. The Hall–Kier alpha value is -2.41. The summed E-state index contributed by atoms with van der Waals surface area (Å²) in [6.07, 6.45) is 0.570. The molecular weight excluding hydrogens is 364 g/mol.